The zero-order valence-electron chi connectivity index (χ0n) is 16.6. The summed E-state index contributed by atoms with van der Waals surface area (Å²) in [6.45, 7) is 0.378. The highest BCUT2D eigenvalue weighted by Gasteiger charge is 2.31. The van der Waals surface area contributed by atoms with Crippen LogP contribution in [0.5, 0.6) is 0 Å². The molecule has 1 fully saturated rings. The number of halogens is 1. The van der Waals surface area contributed by atoms with E-state index in [1.165, 1.54) is 23.8 Å². The van der Waals surface area contributed by atoms with E-state index in [1.807, 2.05) is 24.3 Å². The molecule has 0 unspecified atom stereocenters. The summed E-state index contributed by atoms with van der Waals surface area (Å²) in [4.78, 5) is 38.4. The maximum absolute atomic E-state index is 12.7. The Labute approximate surface area is 203 Å². The van der Waals surface area contributed by atoms with Crippen molar-refractivity contribution >= 4 is 80.4 Å². The molecule has 0 saturated carbocycles. The number of esters is 1. The number of thioether (sulfide) groups is 1. The van der Waals surface area contributed by atoms with E-state index in [0.29, 0.717) is 27.8 Å². The molecular formula is C22H19IN2O4S2. The second-order valence-corrected chi connectivity index (χ2v) is 9.53. The van der Waals surface area contributed by atoms with Crippen molar-refractivity contribution in [3.8, 4) is 0 Å². The summed E-state index contributed by atoms with van der Waals surface area (Å²) in [7, 11) is 1.33. The van der Waals surface area contributed by atoms with Gasteiger partial charge in [-0.15, -0.1) is 0 Å². The standard InChI is InChI=1S/C22H19IN2O4S2/c1-29-21(28)15-6-4-14(5-7-15)13-18-20(27)25(22(30)31-18)12-2-3-19(26)24-17-10-8-16(23)9-11-17/h4-11,13H,2-3,12H2,1H3,(H,24,26)/b18-13-. The maximum Gasteiger partial charge on any atom is 0.337 e. The minimum Gasteiger partial charge on any atom is -0.465 e. The van der Waals surface area contributed by atoms with E-state index in [2.05, 4.69) is 32.6 Å². The Balaban J connectivity index is 1.53. The summed E-state index contributed by atoms with van der Waals surface area (Å²) in [5.74, 6) is -0.693. The summed E-state index contributed by atoms with van der Waals surface area (Å²) in [6.07, 6.45) is 2.53. The zero-order valence-corrected chi connectivity index (χ0v) is 20.4. The number of hydrogen-bond acceptors (Lipinski definition) is 6. The minimum atomic E-state index is -0.413. The zero-order chi connectivity index (χ0) is 22.4. The van der Waals surface area contributed by atoms with Gasteiger partial charge in [-0.3, -0.25) is 14.5 Å². The average Bonchev–Trinajstić information content (AvgIpc) is 3.02. The van der Waals surface area contributed by atoms with E-state index in [-0.39, 0.29) is 18.2 Å². The van der Waals surface area contributed by atoms with Crippen LogP contribution in [0.3, 0.4) is 0 Å². The highest BCUT2D eigenvalue weighted by molar-refractivity contribution is 14.1. The van der Waals surface area contributed by atoms with Crippen LogP contribution in [0.4, 0.5) is 5.69 Å². The van der Waals surface area contributed by atoms with E-state index in [4.69, 9.17) is 12.2 Å². The number of amides is 2. The molecule has 1 heterocycles. The Morgan fingerprint density at radius 2 is 1.84 bits per heavy atom. The first kappa shape index (κ1) is 23.4. The van der Waals surface area contributed by atoms with Crippen molar-refractivity contribution in [2.75, 3.05) is 19.0 Å². The highest BCUT2D eigenvalue weighted by Crippen LogP contribution is 2.32. The van der Waals surface area contributed by atoms with Gasteiger partial charge >= 0.3 is 5.97 Å². The lowest BCUT2D eigenvalue weighted by atomic mass is 10.1. The first-order chi connectivity index (χ1) is 14.9. The molecule has 3 rings (SSSR count). The summed E-state index contributed by atoms with van der Waals surface area (Å²) in [5.41, 5.74) is 1.97. The van der Waals surface area contributed by atoms with Gasteiger partial charge in [0.1, 0.15) is 4.32 Å². The molecule has 1 aliphatic rings. The van der Waals surface area contributed by atoms with Crippen LogP contribution >= 0.6 is 46.6 Å². The number of nitrogens with one attached hydrogen (secondary N) is 1. The largest absolute Gasteiger partial charge is 0.465 e. The highest BCUT2D eigenvalue weighted by atomic mass is 127. The van der Waals surface area contributed by atoms with Crippen molar-refractivity contribution in [3.05, 3.63) is 68.1 Å². The molecule has 0 bridgehead atoms. The lowest BCUT2D eigenvalue weighted by Gasteiger charge is -2.14. The summed E-state index contributed by atoms with van der Waals surface area (Å²) in [5, 5.41) is 2.85. The van der Waals surface area contributed by atoms with Crippen molar-refractivity contribution in [1.29, 1.82) is 0 Å². The molecule has 0 spiro atoms. The van der Waals surface area contributed by atoms with E-state index in [0.717, 1.165) is 14.8 Å². The number of carbonyl (C=O) groups excluding carboxylic acids is 3. The Morgan fingerprint density at radius 1 is 1.16 bits per heavy atom. The average molecular weight is 566 g/mol. The van der Waals surface area contributed by atoms with Gasteiger partial charge in [0.2, 0.25) is 5.91 Å². The quantitative estimate of drug-likeness (QED) is 0.227. The number of methoxy groups -OCH3 is 1. The number of benzene rings is 2. The molecule has 0 atom stereocenters. The topological polar surface area (TPSA) is 75.7 Å². The molecule has 1 saturated heterocycles. The van der Waals surface area contributed by atoms with Gasteiger partial charge in [0.25, 0.3) is 5.91 Å². The fourth-order valence-electron chi connectivity index (χ4n) is 2.83. The van der Waals surface area contributed by atoms with Crippen LogP contribution < -0.4 is 5.32 Å². The predicted octanol–water partition coefficient (Wildman–Crippen LogP) is 4.70. The Morgan fingerprint density at radius 3 is 2.48 bits per heavy atom. The third-order valence-corrected chi connectivity index (χ3v) is 6.51. The van der Waals surface area contributed by atoms with Gasteiger partial charge in [0, 0.05) is 22.2 Å². The van der Waals surface area contributed by atoms with Gasteiger partial charge in [-0.05, 0) is 77.0 Å². The summed E-state index contributed by atoms with van der Waals surface area (Å²) < 4.78 is 6.25. The van der Waals surface area contributed by atoms with Crippen molar-refractivity contribution in [2.24, 2.45) is 0 Å². The van der Waals surface area contributed by atoms with E-state index >= 15 is 0 Å². The molecule has 0 aliphatic carbocycles. The van der Waals surface area contributed by atoms with Crippen LogP contribution in [-0.2, 0) is 14.3 Å². The molecule has 2 aromatic rings. The number of carbonyl (C=O) groups is 3. The van der Waals surface area contributed by atoms with Crippen molar-refractivity contribution in [1.82, 2.24) is 4.90 Å². The molecule has 1 N–H and O–H groups in total. The van der Waals surface area contributed by atoms with E-state index in [1.54, 1.807) is 30.3 Å². The Bertz CT molecular complexity index is 1040. The molecule has 6 nitrogen and oxygen atoms in total. The molecule has 1 aliphatic heterocycles. The fourth-order valence-corrected chi connectivity index (χ4v) is 4.50. The molecule has 2 aromatic carbocycles. The number of rotatable bonds is 7. The molecule has 31 heavy (non-hydrogen) atoms. The SMILES string of the molecule is COC(=O)c1ccc(/C=C2\SC(=S)N(CCCC(=O)Nc3ccc(I)cc3)C2=O)cc1. The van der Waals surface area contributed by atoms with Gasteiger partial charge in [-0.1, -0.05) is 36.1 Å². The lowest BCUT2D eigenvalue weighted by Crippen LogP contribution is -2.29. The van der Waals surface area contributed by atoms with Crippen molar-refractivity contribution in [2.45, 2.75) is 12.8 Å². The third kappa shape index (κ3) is 6.37. The van der Waals surface area contributed by atoms with Gasteiger partial charge in [0.05, 0.1) is 17.6 Å². The van der Waals surface area contributed by atoms with Gasteiger partial charge in [0.15, 0.2) is 0 Å². The van der Waals surface area contributed by atoms with Crippen LogP contribution in [-0.4, -0.2) is 40.7 Å². The number of anilines is 1. The number of hydrogen-bond donors (Lipinski definition) is 1. The smallest absolute Gasteiger partial charge is 0.337 e. The molecule has 0 radical (unpaired) electrons. The molecule has 0 aromatic heterocycles. The summed E-state index contributed by atoms with van der Waals surface area (Å²) in [6, 6.07) is 14.3. The fraction of sp³-hybridized carbons (Fsp3) is 0.182. The van der Waals surface area contributed by atoms with Crippen LogP contribution in [0.1, 0.15) is 28.8 Å². The second-order valence-electron chi connectivity index (χ2n) is 6.61. The van der Waals surface area contributed by atoms with E-state index in [9.17, 15) is 14.4 Å². The Hall–Kier alpha value is -2.24. The van der Waals surface area contributed by atoms with Gasteiger partial charge < -0.3 is 10.1 Å². The minimum absolute atomic E-state index is 0.104. The monoisotopic (exact) mass is 566 g/mol. The second kappa shape index (κ2) is 10.9. The van der Waals surface area contributed by atoms with E-state index < -0.39 is 5.97 Å². The number of thiocarbonyl (C=S) groups is 1. The molecule has 2 amide bonds. The van der Waals surface area contributed by atoms with Gasteiger partial charge in [-0.25, -0.2) is 4.79 Å². The van der Waals surface area contributed by atoms with Crippen molar-refractivity contribution < 1.29 is 19.1 Å². The van der Waals surface area contributed by atoms with Gasteiger partial charge in [-0.2, -0.15) is 0 Å². The Kier molecular flexibility index (Phi) is 8.22. The molecule has 9 heteroatoms. The first-order valence-corrected chi connectivity index (χ1v) is 11.7. The first-order valence-electron chi connectivity index (χ1n) is 9.36. The van der Waals surface area contributed by atoms with Crippen LogP contribution in [0, 0.1) is 3.57 Å². The summed E-state index contributed by atoms with van der Waals surface area (Å²) >= 11 is 8.78. The third-order valence-electron chi connectivity index (χ3n) is 4.42. The van der Waals surface area contributed by atoms with Crippen molar-refractivity contribution in [3.63, 3.8) is 0 Å². The van der Waals surface area contributed by atoms with Crippen LogP contribution in [0.2, 0.25) is 0 Å². The number of nitrogens with zero attached hydrogens (tertiary/aromatic N) is 1. The maximum atomic E-state index is 12.7. The predicted molar refractivity (Wildman–Crippen MR) is 135 cm³/mol. The number of ether oxygens (including phenoxy) is 1. The molecule has 160 valence electrons. The normalized spacial score (nSPS) is 14.8. The molecular weight excluding hydrogens is 547 g/mol. The van der Waals surface area contributed by atoms with Crippen LogP contribution in [0.15, 0.2) is 53.4 Å². The lowest BCUT2D eigenvalue weighted by molar-refractivity contribution is -0.122. The van der Waals surface area contributed by atoms with Crippen LogP contribution in [0.25, 0.3) is 6.08 Å².